The van der Waals surface area contributed by atoms with Gasteiger partial charge in [0.05, 0.1) is 11.7 Å². The van der Waals surface area contributed by atoms with Crippen LogP contribution in [-0.2, 0) is 9.53 Å². The van der Waals surface area contributed by atoms with Gasteiger partial charge in [0.15, 0.2) is 0 Å². The maximum absolute atomic E-state index is 12.9. The fourth-order valence-electron chi connectivity index (χ4n) is 2.09. The first-order chi connectivity index (χ1) is 8.60. The van der Waals surface area contributed by atoms with Crippen molar-refractivity contribution in [3.63, 3.8) is 0 Å². The Labute approximate surface area is 113 Å². The largest absolute Gasteiger partial charge is 0.444 e. The molecule has 4 nitrogen and oxygen atoms in total. The fraction of sp³-hybridized carbons (Fsp3) is 0.714. The number of carbonyl (C=O) groups is 2. The van der Waals surface area contributed by atoms with Gasteiger partial charge in [-0.2, -0.15) is 0 Å². The van der Waals surface area contributed by atoms with Gasteiger partial charge in [0, 0.05) is 13.1 Å². The second-order valence-electron chi connectivity index (χ2n) is 6.17. The first kappa shape index (κ1) is 15.7. The number of rotatable bonds is 1. The summed E-state index contributed by atoms with van der Waals surface area (Å²) in [4.78, 5) is 25.2. The number of piperidine rings is 1. The van der Waals surface area contributed by atoms with Gasteiger partial charge < -0.3 is 9.64 Å². The Morgan fingerprint density at radius 2 is 2.00 bits per heavy atom. The molecule has 1 fully saturated rings. The summed E-state index contributed by atoms with van der Waals surface area (Å²) in [7, 11) is 0. The Balaban J connectivity index is 2.88. The monoisotopic (exact) mass is 271 g/mol. The summed E-state index contributed by atoms with van der Waals surface area (Å²) >= 11 is 0. The highest BCUT2D eigenvalue weighted by Gasteiger charge is 2.42. The molecule has 0 saturated carbocycles. The highest BCUT2D eigenvalue weighted by atomic mass is 19.1. The van der Waals surface area contributed by atoms with Crippen molar-refractivity contribution < 1.29 is 18.7 Å². The minimum atomic E-state index is -0.954. The molecule has 19 heavy (non-hydrogen) atoms. The van der Waals surface area contributed by atoms with E-state index in [9.17, 15) is 14.0 Å². The quantitative estimate of drug-likeness (QED) is 0.736. The average Bonchev–Trinajstić information content (AvgIpc) is 2.26. The van der Waals surface area contributed by atoms with Gasteiger partial charge in [0.2, 0.25) is 0 Å². The van der Waals surface area contributed by atoms with E-state index < -0.39 is 17.1 Å². The number of ketones is 1. The van der Waals surface area contributed by atoms with Gasteiger partial charge in [-0.15, -0.1) is 0 Å². The summed E-state index contributed by atoms with van der Waals surface area (Å²) in [6, 6.07) is 0. The molecule has 1 aliphatic heterocycles. The zero-order valence-corrected chi connectivity index (χ0v) is 12.2. The summed E-state index contributed by atoms with van der Waals surface area (Å²) in [5.74, 6) is -0.148. The van der Waals surface area contributed by atoms with Gasteiger partial charge in [-0.25, -0.2) is 9.18 Å². The third kappa shape index (κ3) is 3.55. The standard InChI is InChI=1S/C14H22FNO3/c1-10(17)14(5)9-16(7-6-11(14)8-15)12(18)19-13(2,3)4/h8H,6-7,9H2,1-5H3. The van der Waals surface area contributed by atoms with Crippen molar-refractivity contribution in [3.8, 4) is 0 Å². The molecule has 0 aromatic heterocycles. The number of nitrogens with zero attached hydrogens (tertiary/aromatic N) is 1. The minimum Gasteiger partial charge on any atom is -0.444 e. The topological polar surface area (TPSA) is 46.6 Å². The third-order valence-electron chi connectivity index (χ3n) is 3.43. The van der Waals surface area contributed by atoms with E-state index >= 15 is 0 Å². The maximum atomic E-state index is 12.9. The van der Waals surface area contributed by atoms with E-state index in [0.717, 1.165) is 0 Å². The van der Waals surface area contributed by atoms with Crippen LogP contribution in [0.3, 0.4) is 0 Å². The second kappa shape index (κ2) is 5.31. The summed E-state index contributed by atoms with van der Waals surface area (Å²) in [5, 5.41) is 0. The van der Waals surface area contributed by atoms with E-state index in [-0.39, 0.29) is 12.3 Å². The van der Waals surface area contributed by atoms with Crippen molar-refractivity contribution in [2.45, 2.75) is 46.6 Å². The van der Waals surface area contributed by atoms with Crippen LogP contribution in [0, 0.1) is 5.41 Å². The van der Waals surface area contributed by atoms with Crippen LogP contribution in [0.2, 0.25) is 0 Å². The molecule has 0 radical (unpaired) electrons. The third-order valence-corrected chi connectivity index (χ3v) is 3.43. The predicted molar refractivity (Wildman–Crippen MR) is 70.4 cm³/mol. The molecule has 108 valence electrons. The molecule has 1 rings (SSSR count). The number of carbonyl (C=O) groups excluding carboxylic acids is 2. The maximum Gasteiger partial charge on any atom is 0.410 e. The van der Waals surface area contributed by atoms with Crippen LogP contribution in [-0.4, -0.2) is 35.5 Å². The molecule has 1 heterocycles. The van der Waals surface area contributed by atoms with Crippen molar-refractivity contribution in [2.75, 3.05) is 13.1 Å². The minimum absolute atomic E-state index is 0.148. The van der Waals surface area contributed by atoms with Gasteiger partial charge in [-0.05, 0) is 46.6 Å². The lowest BCUT2D eigenvalue weighted by Crippen LogP contribution is -2.50. The molecule has 1 saturated heterocycles. The number of ether oxygens (including phenoxy) is 1. The lowest BCUT2D eigenvalue weighted by molar-refractivity contribution is -0.125. The van der Waals surface area contributed by atoms with Crippen molar-refractivity contribution >= 4 is 11.9 Å². The molecule has 5 heteroatoms. The molecule has 1 amide bonds. The summed E-state index contributed by atoms with van der Waals surface area (Å²) in [6.07, 6.45) is 0.387. The lowest BCUT2D eigenvalue weighted by Gasteiger charge is -2.40. The normalized spacial score (nSPS) is 26.4. The molecule has 0 aromatic rings. The van der Waals surface area contributed by atoms with Crippen LogP contribution in [0.5, 0.6) is 0 Å². The number of hydrogen-bond acceptors (Lipinski definition) is 3. The van der Waals surface area contributed by atoms with E-state index in [4.69, 9.17) is 4.74 Å². The number of amides is 1. The Bertz CT molecular complexity index is 411. The molecule has 1 aliphatic rings. The SMILES string of the molecule is CC(=O)C1(C)CN(C(=O)OC(C)(C)C)CCC1=CF. The average molecular weight is 271 g/mol. The first-order valence-electron chi connectivity index (χ1n) is 6.39. The van der Waals surface area contributed by atoms with Crippen LogP contribution in [0.1, 0.15) is 41.0 Å². The van der Waals surface area contributed by atoms with Crippen LogP contribution >= 0.6 is 0 Å². The summed E-state index contributed by atoms with van der Waals surface area (Å²) in [5.41, 5.74) is -1.09. The van der Waals surface area contributed by atoms with Crippen molar-refractivity contribution in [2.24, 2.45) is 5.41 Å². The van der Waals surface area contributed by atoms with E-state index in [1.165, 1.54) is 11.8 Å². The Morgan fingerprint density at radius 3 is 2.42 bits per heavy atom. The predicted octanol–water partition coefficient (Wildman–Crippen LogP) is 3.08. The van der Waals surface area contributed by atoms with Crippen LogP contribution in [0.4, 0.5) is 9.18 Å². The zero-order valence-electron chi connectivity index (χ0n) is 12.2. The molecular weight excluding hydrogens is 249 g/mol. The van der Waals surface area contributed by atoms with Crippen molar-refractivity contribution in [1.82, 2.24) is 4.90 Å². The Kier molecular flexibility index (Phi) is 4.38. The number of likely N-dealkylation sites (tertiary alicyclic amines) is 1. The molecular formula is C14H22FNO3. The highest BCUT2D eigenvalue weighted by Crippen LogP contribution is 2.36. The van der Waals surface area contributed by atoms with Gasteiger partial charge >= 0.3 is 6.09 Å². The number of hydrogen-bond donors (Lipinski definition) is 0. The second-order valence-corrected chi connectivity index (χ2v) is 6.17. The van der Waals surface area contributed by atoms with Crippen LogP contribution < -0.4 is 0 Å². The molecule has 0 spiro atoms. The summed E-state index contributed by atoms with van der Waals surface area (Å²) in [6.45, 7) is 8.96. The van der Waals surface area contributed by atoms with Gasteiger partial charge in [0.1, 0.15) is 11.4 Å². The molecule has 1 unspecified atom stereocenters. The molecule has 0 N–H and O–H groups in total. The number of Topliss-reactive ketones (excluding diaryl/α,β-unsaturated/α-hetero) is 1. The fourth-order valence-corrected chi connectivity index (χ4v) is 2.09. The smallest absolute Gasteiger partial charge is 0.410 e. The zero-order chi connectivity index (χ0) is 14.8. The molecule has 0 bridgehead atoms. The molecule has 0 aromatic carbocycles. The van der Waals surface area contributed by atoms with Crippen LogP contribution in [0.15, 0.2) is 11.9 Å². The van der Waals surface area contributed by atoms with E-state index in [2.05, 4.69) is 0 Å². The number of halogens is 1. The van der Waals surface area contributed by atoms with Gasteiger partial charge in [-0.3, -0.25) is 4.79 Å². The van der Waals surface area contributed by atoms with Crippen LogP contribution in [0.25, 0.3) is 0 Å². The van der Waals surface area contributed by atoms with E-state index in [0.29, 0.717) is 24.9 Å². The lowest BCUT2D eigenvalue weighted by atomic mass is 9.75. The van der Waals surface area contributed by atoms with E-state index in [1.807, 2.05) is 0 Å². The van der Waals surface area contributed by atoms with E-state index in [1.54, 1.807) is 27.7 Å². The summed E-state index contributed by atoms with van der Waals surface area (Å²) < 4.78 is 18.2. The van der Waals surface area contributed by atoms with Crippen molar-refractivity contribution in [1.29, 1.82) is 0 Å². The first-order valence-corrected chi connectivity index (χ1v) is 6.39. The highest BCUT2D eigenvalue weighted by molar-refractivity contribution is 5.86. The molecule has 1 atom stereocenters. The van der Waals surface area contributed by atoms with Gasteiger partial charge in [-0.1, -0.05) is 0 Å². The van der Waals surface area contributed by atoms with Crippen molar-refractivity contribution in [3.05, 3.63) is 11.9 Å². The Morgan fingerprint density at radius 1 is 1.42 bits per heavy atom. The Hall–Kier alpha value is -1.39. The molecule has 0 aliphatic carbocycles. The van der Waals surface area contributed by atoms with Gasteiger partial charge in [0.25, 0.3) is 0 Å².